The molecule has 0 unspecified atom stereocenters. The predicted octanol–water partition coefficient (Wildman–Crippen LogP) is 1.58. The molecule has 0 aliphatic carbocycles. The van der Waals surface area contributed by atoms with E-state index in [2.05, 4.69) is 15.2 Å². The van der Waals surface area contributed by atoms with Gasteiger partial charge in [0.1, 0.15) is 17.7 Å². The lowest BCUT2D eigenvalue weighted by molar-refractivity contribution is -0.146. The Bertz CT molecular complexity index is 760. The Morgan fingerprint density at radius 3 is 2.96 bits per heavy atom. The number of para-hydroxylation sites is 1. The molecular formula is C17H20N4O3. The Labute approximate surface area is 140 Å². The first-order valence-electron chi connectivity index (χ1n) is 8.18. The van der Waals surface area contributed by atoms with Crippen LogP contribution in [0.5, 0.6) is 5.75 Å². The zero-order valence-corrected chi connectivity index (χ0v) is 13.7. The van der Waals surface area contributed by atoms with Crippen molar-refractivity contribution in [1.82, 2.24) is 20.1 Å². The van der Waals surface area contributed by atoms with E-state index < -0.39 is 6.10 Å². The van der Waals surface area contributed by atoms with Crippen LogP contribution in [-0.4, -0.2) is 51.8 Å². The van der Waals surface area contributed by atoms with E-state index in [1.807, 2.05) is 38.1 Å². The molecule has 1 aromatic carbocycles. The van der Waals surface area contributed by atoms with E-state index in [4.69, 9.17) is 9.47 Å². The van der Waals surface area contributed by atoms with Gasteiger partial charge in [-0.1, -0.05) is 25.1 Å². The van der Waals surface area contributed by atoms with E-state index in [1.54, 1.807) is 4.90 Å². The molecule has 3 heterocycles. The number of H-pyrrole nitrogens is 1. The van der Waals surface area contributed by atoms with Crippen LogP contribution in [0.3, 0.4) is 0 Å². The maximum atomic E-state index is 13.0. The molecule has 3 atom stereocenters. The number of aryl methyl sites for hydroxylation is 1. The molecule has 1 N–H and O–H groups in total. The van der Waals surface area contributed by atoms with Crippen LogP contribution in [0.2, 0.25) is 0 Å². The fourth-order valence-corrected chi connectivity index (χ4v) is 3.32. The van der Waals surface area contributed by atoms with Gasteiger partial charge < -0.3 is 14.4 Å². The second-order valence-electron chi connectivity index (χ2n) is 6.29. The highest BCUT2D eigenvalue weighted by Gasteiger charge is 2.40. The van der Waals surface area contributed by atoms with Crippen LogP contribution in [0.15, 0.2) is 24.3 Å². The lowest BCUT2D eigenvalue weighted by Gasteiger charge is -2.33. The lowest BCUT2D eigenvalue weighted by Crippen LogP contribution is -2.48. The number of benzene rings is 1. The second kappa shape index (κ2) is 5.90. The van der Waals surface area contributed by atoms with Gasteiger partial charge >= 0.3 is 0 Å². The van der Waals surface area contributed by atoms with E-state index >= 15 is 0 Å². The van der Waals surface area contributed by atoms with Crippen LogP contribution in [0.25, 0.3) is 0 Å². The molecule has 4 rings (SSSR count). The van der Waals surface area contributed by atoms with Crippen molar-refractivity contribution >= 4 is 5.91 Å². The van der Waals surface area contributed by atoms with E-state index in [1.165, 1.54) is 0 Å². The number of carbonyl (C=O) groups excluding carboxylic acids is 1. The Kier molecular flexibility index (Phi) is 3.72. The number of ether oxygens (including phenoxy) is 2. The van der Waals surface area contributed by atoms with Crippen molar-refractivity contribution in [2.24, 2.45) is 0 Å². The molecule has 0 saturated carbocycles. The molecule has 0 bridgehead atoms. The topological polar surface area (TPSA) is 80.3 Å². The second-order valence-corrected chi connectivity index (χ2v) is 6.29. The van der Waals surface area contributed by atoms with Gasteiger partial charge in [0, 0.05) is 18.0 Å². The summed E-state index contributed by atoms with van der Waals surface area (Å²) in [6.45, 7) is 5.34. The Morgan fingerprint density at radius 2 is 2.21 bits per heavy atom. The number of amides is 1. The summed E-state index contributed by atoms with van der Waals surface area (Å²) in [5.41, 5.74) is 1.09. The number of rotatable bonds is 2. The summed E-state index contributed by atoms with van der Waals surface area (Å²) in [7, 11) is 0. The number of fused-ring (bicyclic) bond motifs is 1. The minimum Gasteiger partial charge on any atom is -0.480 e. The number of aromatic nitrogens is 3. The highest BCUT2D eigenvalue weighted by molar-refractivity contribution is 5.83. The number of nitrogens with zero attached hydrogens (tertiary/aromatic N) is 3. The van der Waals surface area contributed by atoms with Crippen LogP contribution in [0.4, 0.5) is 0 Å². The summed E-state index contributed by atoms with van der Waals surface area (Å²) < 4.78 is 11.6. The number of carbonyl (C=O) groups is 1. The first kappa shape index (κ1) is 15.1. The van der Waals surface area contributed by atoms with Gasteiger partial charge in [-0.2, -0.15) is 5.10 Å². The van der Waals surface area contributed by atoms with Crippen LogP contribution in [0, 0.1) is 6.92 Å². The molecule has 2 aliphatic heterocycles. The van der Waals surface area contributed by atoms with Crippen LogP contribution < -0.4 is 4.74 Å². The third-order valence-electron chi connectivity index (χ3n) is 4.64. The van der Waals surface area contributed by atoms with E-state index in [-0.39, 0.29) is 17.9 Å². The highest BCUT2D eigenvalue weighted by atomic mass is 16.5. The van der Waals surface area contributed by atoms with Gasteiger partial charge in [-0.25, -0.2) is 4.98 Å². The average Bonchev–Trinajstić information content (AvgIpc) is 3.19. The van der Waals surface area contributed by atoms with Crippen molar-refractivity contribution in [3.63, 3.8) is 0 Å². The molecule has 1 fully saturated rings. The third-order valence-corrected chi connectivity index (χ3v) is 4.64. The smallest absolute Gasteiger partial charge is 0.264 e. The molecule has 7 heteroatoms. The Balaban J connectivity index is 1.49. The number of aromatic amines is 1. The summed E-state index contributed by atoms with van der Waals surface area (Å²) in [5, 5.41) is 6.96. The van der Waals surface area contributed by atoms with Gasteiger partial charge in [0.05, 0.1) is 13.2 Å². The normalized spacial score (nSPS) is 26.1. The fraction of sp³-hybridized carbons (Fsp3) is 0.471. The molecular weight excluding hydrogens is 308 g/mol. The molecule has 2 aromatic rings. The van der Waals surface area contributed by atoms with E-state index in [9.17, 15) is 4.79 Å². The summed E-state index contributed by atoms with van der Waals surface area (Å²) >= 11 is 0. The zero-order chi connectivity index (χ0) is 16.7. The van der Waals surface area contributed by atoms with Gasteiger partial charge in [-0.3, -0.25) is 9.89 Å². The largest absolute Gasteiger partial charge is 0.480 e. The van der Waals surface area contributed by atoms with E-state index in [0.29, 0.717) is 25.5 Å². The molecule has 24 heavy (non-hydrogen) atoms. The minimum absolute atomic E-state index is 0.000687. The first-order valence-corrected chi connectivity index (χ1v) is 8.18. The molecule has 0 radical (unpaired) electrons. The molecule has 2 aliphatic rings. The van der Waals surface area contributed by atoms with Gasteiger partial charge in [-0.15, -0.1) is 0 Å². The van der Waals surface area contributed by atoms with Gasteiger partial charge in [-0.05, 0) is 13.0 Å². The molecule has 126 valence electrons. The number of hydrogen-bond donors (Lipinski definition) is 1. The SMILES string of the molecule is Cc1nc([C@@H]2CN(C(=O)[C@H]3Oc4ccccc4[C@H]3C)CCO2)n[nH]1. The van der Waals surface area contributed by atoms with Crippen LogP contribution in [-0.2, 0) is 9.53 Å². The van der Waals surface area contributed by atoms with Crippen molar-refractivity contribution in [2.75, 3.05) is 19.7 Å². The van der Waals surface area contributed by atoms with Crippen LogP contribution >= 0.6 is 0 Å². The summed E-state index contributed by atoms with van der Waals surface area (Å²) in [6.07, 6.45) is -0.776. The van der Waals surface area contributed by atoms with Crippen molar-refractivity contribution in [3.8, 4) is 5.75 Å². The van der Waals surface area contributed by atoms with Gasteiger partial charge in [0.2, 0.25) is 0 Å². The van der Waals surface area contributed by atoms with Gasteiger partial charge in [0.25, 0.3) is 5.91 Å². The predicted molar refractivity (Wildman–Crippen MR) is 85.7 cm³/mol. The van der Waals surface area contributed by atoms with Crippen molar-refractivity contribution in [2.45, 2.75) is 32.0 Å². The fourth-order valence-electron chi connectivity index (χ4n) is 3.32. The third kappa shape index (κ3) is 2.54. The summed E-state index contributed by atoms with van der Waals surface area (Å²) in [6, 6.07) is 7.83. The van der Waals surface area contributed by atoms with E-state index in [0.717, 1.165) is 17.1 Å². The maximum Gasteiger partial charge on any atom is 0.264 e. The standard InChI is InChI=1S/C17H20N4O3/c1-10-12-5-3-4-6-13(12)24-15(10)17(22)21-7-8-23-14(9-21)16-18-11(2)19-20-16/h3-6,10,14-15H,7-9H2,1-2H3,(H,18,19,20)/t10-,14+,15+/m1/s1. The zero-order valence-electron chi connectivity index (χ0n) is 13.7. The number of nitrogens with one attached hydrogen (secondary N) is 1. The number of morpholine rings is 1. The highest BCUT2D eigenvalue weighted by Crippen LogP contribution is 2.38. The molecule has 7 nitrogen and oxygen atoms in total. The summed E-state index contributed by atoms with van der Waals surface area (Å²) in [5.74, 6) is 2.17. The van der Waals surface area contributed by atoms with Gasteiger partial charge in [0.15, 0.2) is 11.9 Å². The van der Waals surface area contributed by atoms with Crippen molar-refractivity contribution in [3.05, 3.63) is 41.5 Å². The molecule has 1 aromatic heterocycles. The van der Waals surface area contributed by atoms with Crippen molar-refractivity contribution < 1.29 is 14.3 Å². The number of hydrogen-bond acceptors (Lipinski definition) is 5. The minimum atomic E-state index is -0.477. The van der Waals surface area contributed by atoms with Crippen molar-refractivity contribution in [1.29, 1.82) is 0 Å². The Morgan fingerprint density at radius 1 is 1.38 bits per heavy atom. The maximum absolute atomic E-state index is 13.0. The Hall–Kier alpha value is -2.41. The quantitative estimate of drug-likeness (QED) is 0.905. The molecule has 0 spiro atoms. The molecule has 1 amide bonds. The summed E-state index contributed by atoms with van der Waals surface area (Å²) in [4.78, 5) is 19.1. The first-order chi connectivity index (χ1) is 11.6. The lowest BCUT2D eigenvalue weighted by atomic mass is 9.96. The average molecular weight is 328 g/mol. The monoisotopic (exact) mass is 328 g/mol. The van der Waals surface area contributed by atoms with Crippen LogP contribution in [0.1, 0.15) is 36.2 Å². The molecule has 1 saturated heterocycles.